The summed E-state index contributed by atoms with van der Waals surface area (Å²) in [6.07, 6.45) is -11.3. The molecule has 5 heterocycles. The molecule has 3 saturated heterocycles. The number of carbonyl (C=O) groups is 3. The van der Waals surface area contributed by atoms with Crippen LogP contribution in [-0.2, 0) is 51.1 Å². The highest BCUT2D eigenvalue weighted by atomic mass is 16.8. The van der Waals surface area contributed by atoms with Gasteiger partial charge in [-0.25, -0.2) is 14.3 Å². The van der Waals surface area contributed by atoms with E-state index in [1.807, 2.05) is 6.08 Å². The van der Waals surface area contributed by atoms with Crippen molar-refractivity contribution in [3.8, 4) is 5.75 Å². The smallest absolute Gasteiger partial charge is 0.364 e. The van der Waals surface area contributed by atoms with Gasteiger partial charge in [-0.3, -0.25) is 9.59 Å². The maximum absolute atomic E-state index is 13.3. The number of ether oxygens (including phenoxy) is 6. The molecule has 3 aliphatic rings. The van der Waals surface area contributed by atoms with Crippen LogP contribution < -0.4 is 22.0 Å². The molecule has 0 radical (unpaired) electrons. The van der Waals surface area contributed by atoms with Gasteiger partial charge >= 0.3 is 11.6 Å². The van der Waals surface area contributed by atoms with E-state index in [1.54, 1.807) is 0 Å². The summed E-state index contributed by atoms with van der Waals surface area (Å²) >= 11 is 0. The summed E-state index contributed by atoms with van der Waals surface area (Å²) in [5, 5.41) is 145. The Morgan fingerprint density at radius 2 is 1.54 bits per heavy atom. The third kappa shape index (κ3) is 18.0. The van der Waals surface area contributed by atoms with Crippen molar-refractivity contribution in [2.24, 2.45) is 5.73 Å². The van der Waals surface area contributed by atoms with Crippen LogP contribution in [0.25, 0.3) is 11.0 Å². The number of nitrogens with one attached hydrogen (secondary N) is 2. The second kappa shape index (κ2) is 31.8. The number of carbonyl (C=O) groups excluding carboxylic acids is 2. The zero-order chi connectivity index (χ0) is 60.5. The Bertz CT molecular complexity index is 2610. The van der Waals surface area contributed by atoms with Gasteiger partial charge in [-0.2, -0.15) is 0 Å². The van der Waals surface area contributed by atoms with E-state index in [4.69, 9.17) is 38.6 Å². The number of amides is 2. The van der Waals surface area contributed by atoms with Crippen LogP contribution >= 0.6 is 0 Å². The molecule has 29 nitrogen and oxygen atoms in total. The van der Waals surface area contributed by atoms with Crippen LogP contribution in [0.4, 0.5) is 0 Å². The van der Waals surface area contributed by atoms with Crippen LogP contribution in [-0.4, -0.2) is 224 Å². The molecule has 2 aromatic heterocycles. The summed E-state index contributed by atoms with van der Waals surface area (Å²) in [6, 6.07) is 2.56. The summed E-state index contributed by atoms with van der Waals surface area (Å²) in [5.74, 6) is -7.00. The van der Waals surface area contributed by atoms with Crippen LogP contribution in [0.3, 0.4) is 0 Å². The van der Waals surface area contributed by atoms with Gasteiger partial charge in [0.1, 0.15) is 89.7 Å². The molecule has 18 atom stereocenters. The van der Waals surface area contributed by atoms with Crippen molar-refractivity contribution >= 4 is 28.8 Å². The number of aliphatic hydroxyl groups excluding tert-OH is 10. The Hall–Kier alpha value is -5.16. The van der Waals surface area contributed by atoms with Gasteiger partial charge in [0, 0.05) is 24.8 Å². The summed E-state index contributed by atoms with van der Waals surface area (Å²) < 4.78 is 40.6. The molecule has 83 heavy (non-hydrogen) atoms. The minimum absolute atomic E-state index is 0.0414. The number of benzene rings is 1. The highest BCUT2D eigenvalue weighted by Gasteiger charge is 2.60. The van der Waals surface area contributed by atoms with E-state index in [9.17, 15) is 80.5 Å². The average Bonchev–Trinajstić information content (AvgIpc) is 4.03. The number of fused-ring (bicyclic) bond motifs is 1. The number of aliphatic hydroxyl groups is 10. The van der Waals surface area contributed by atoms with Crippen LogP contribution in [0.15, 0.2) is 51.8 Å². The van der Waals surface area contributed by atoms with Crippen molar-refractivity contribution in [1.29, 1.82) is 0 Å². The van der Waals surface area contributed by atoms with Gasteiger partial charge in [-0.1, -0.05) is 88.5 Å². The Morgan fingerprint density at radius 3 is 2.19 bits per heavy atom. The number of aromatic nitrogens is 3. The van der Waals surface area contributed by atoms with Crippen LogP contribution in [0.2, 0.25) is 0 Å². The normalized spacial score (nSPS) is 30.0. The third-order valence-corrected chi connectivity index (χ3v) is 14.8. The van der Waals surface area contributed by atoms with Crippen molar-refractivity contribution in [2.45, 2.75) is 220 Å². The average molecular weight is 1180 g/mol. The van der Waals surface area contributed by atoms with Crippen molar-refractivity contribution in [3.05, 3.63) is 64.3 Å². The van der Waals surface area contributed by atoms with Crippen LogP contribution in [0.5, 0.6) is 5.75 Å². The number of phenolic OH excluding ortho intramolecular Hbond substituents is 1. The minimum Gasteiger partial charge on any atom is -0.508 e. The van der Waals surface area contributed by atoms with E-state index in [0.29, 0.717) is 5.39 Å². The number of hydrogen-bond donors (Lipinski definition) is 15. The second-order valence-corrected chi connectivity index (χ2v) is 21.3. The third-order valence-electron chi connectivity index (χ3n) is 14.8. The monoisotopic (exact) mass is 1180 g/mol. The molecule has 466 valence electrons. The Labute approximate surface area is 477 Å². The highest BCUT2D eigenvalue weighted by molar-refractivity contribution is 5.96. The van der Waals surface area contributed by atoms with E-state index < -0.39 is 159 Å². The lowest BCUT2D eigenvalue weighted by atomic mass is 9.88. The molecule has 0 spiro atoms. The topological polar surface area (TPSA) is 460 Å². The lowest BCUT2D eigenvalue weighted by Crippen LogP contribution is -2.70. The molecule has 0 aliphatic carbocycles. The number of carboxylic acid groups (broad SMARTS) is 1. The molecule has 6 rings (SSSR count). The van der Waals surface area contributed by atoms with Gasteiger partial charge in [0.15, 0.2) is 12.6 Å². The largest absolute Gasteiger partial charge is 0.508 e. The maximum atomic E-state index is 13.3. The number of aliphatic carboxylic acids is 1. The standard InChI is InChI=1S/C54H82N6O23/c1-3-4-5-6-7-8-9-10-11-12-13-14-15-16-34(65)33(55)27-77-51-44(71)43(70)46(39(26-62)80-51)81-52-45(72)48(42(69)38(25-61)79-52)83-54(53(75)76)21-35(66)40(57-28(2)63)47(82-54)41(68)36(67)24-60-23-30(58-59-60)22-56-49(73)32-19-29-17-18-31(64)20-37(29)78-50(32)74/h15-20,23,33-36,38-48,51-52,61-62,64-72H,3-14,21-22,24-27,55H2,1-2H3,(H,56,73)(H,57,63)(H,75,76)/b16-15+/t33-,34+,35+,36+,38?,39?,40+,41+,42-,43?,44?,45?,46-,47?,48?,51+,52-,54-/m0/s1. The Morgan fingerprint density at radius 1 is 0.880 bits per heavy atom. The quantitative estimate of drug-likeness (QED) is 0.0179. The predicted octanol–water partition coefficient (Wildman–Crippen LogP) is -2.21. The van der Waals surface area contributed by atoms with Gasteiger partial charge in [-0.15, -0.1) is 5.10 Å². The number of aromatic hydroxyl groups is 1. The molecule has 0 bridgehead atoms. The van der Waals surface area contributed by atoms with Crippen molar-refractivity contribution in [2.75, 3.05) is 19.8 Å². The Balaban J connectivity index is 1.06. The Kier molecular flexibility index (Phi) is 25.7. The molecule has 3 aromatic rings. The molecule has 2 amide bonds. The molecule has 3 aliphatic heterocycles. The molecular formula is C54H82N6O23. The number of nitrogens with two attached hydrogens (primary N) is 1. The van der Waals surface area contributed by atoms with E-state index in [0.717, 1.165) is 37.3 Å². The molecule has 3 fully saturated rings. The maximum Gasteiger partial charge on any atom is 0.364 e. The van der Waals surface area contributed by atoms with Gasteiger partial charge in [0.2, 0.25) is 5.91 Å². The van der Waals surface area contributed by atoms with E-state index in [1.165, 1.54) is 87.9 Å². The molecule has 7 unspecified atom stereocenters. The van der Waals surface area contributed by atoms with E-state index in [2.05, 4.69) is 27.9 Å². The summed E-state index contributed by atoms with van der Waals surface area (Å²) in [4.78, 5) is 51.1. The van der Waals surface area contributed by atoms with E-state index in [-0.39, 0.29) is 35.7 Å². The zero-order valence-corrected chi connectivity index (χ0v) is 46.4. The lowest BCUT2D eigenvalue weighted by Gasteiger charge is -2.50. The van der Waals surface area contributed by atoms with Gasteiger partial charge in [0.25, 0.3) is 11.7 Å². The van der Waals surface area contributed by atoms with Crippen LogP contribution in [0.1, 0.15) is 113 Å². The predicted molar refractivity (Wildman–Crippen MR) is 286 cm³/mol. The molecule has 0 saturated carbocycles. The number of rotatable bonds is 32. The van der Waals surface area contributed by atoms with Crippen molar-refractivity contribution in [3.63, 3.8) is 0 Å². The van der Waals surface area contributed by atoms with Crippen molar-refractivity contribution < 1.29 is 109 Å². The molecule has 29 heteroatoms. The number of allylic oxidation sites excluding steroid dienone is 1. The summed E-state index contributed by atoms with van der Waals surface area (Å²) in [6.45, 7) is -0.0257. The zero-order valence-electron chi connectivity index (χ0n) is 46.4. The first-order valence-corrected chi connectivity index (χ1v) is 28.1. The highest BCUT2D eigenvalue weighted by Crippen LogP contribution is 2.39. The van der Waals surface area contributed by atoms with Crippen LogP contribution in [0, 0.1) is 0 Å². The molecule has 16 N–H and O–H groups in total. The fourth-order valence-corrected chi connectivity index (χ4v) is 10.1. The van der Waals surface area contributed by atoms with E-state index >= 15 is 0 Å². The minimum atomic E-state index is -3.16. The first-order chi connectivity index (χ1) is 39.6. The second-order valence-electron chi connectivity index (χ2n) is 21.3. The number of unbranched alkanes of at least 4 members (excludes halogenated alkanes) is 11. The molecular weight excluding hydrogens is 1100 g/mol. The fraction of sp³-hybridized carbons (Fsp3) is 0.704. The van der Waals surface area contributed by atoms with Crippen molar-refractivity contribution in [1.82, 2.24) is 25.6 Å². The number of hydrogen-bond acceptors (Lipinski definition) is 25. The van der Waals surface area contributed by atoms with Gasteiger partial charge < -0.3 is 110 Å². The number of carboxylic acids is 1. The first kappa shape index (κ1) is 67.0. The summed E-state index contributed by atoms with van der Waals surface area (Å²) in [5.41, 5.74) is 4.92. The number of nitrogens with zero attached hydrogens (tertiary/aromatic N) is 3. The molecule has 1 aromatic carbocycles. The van der Waals surface area contributed by atoms with Gasteiger partial charge in [-0.05, 0) is 31.0 Å². The summed E-state index contributed by atoms with van der Waals surface area (Å²) in [7, 11) is 0. The lowest BCUT2D eigenvalue weighted by molar-refractivity contribution is -0.386. The fourth-order valence-electron chi connectivity index (χ4n) is 10.1. The van der Waals surface area contributed by atoms with Gasteiger partial charge in [0.05, 0.1) is 63.4 Å². The SMILES string of the molecule is CCCCCCCCCCCCC/C=C/[C@@H](O)[C@@H](N)CO[C@@H]1OC(CO)[C@H](O[C@@H]2OC(CO)[C@H](O)C(O[C@]3(C(=O)O)C[C@@H](O)[C@@H](NC(C)=O)C([C@H](O)[C@H](O)Cn4cc(CNC(=O)c5cc6ccc(O)cc6oc5=O)nn4)O3)C2O)C(O)C1O. The first-order valence-electron chi connectivity index (χ1n) is 28.1. The number of phenols is 1.